The van der Waals surface area contributed by atoms with Gasteiger partial charge in [-0.1, -0.05) is 88.4 Å². The summed E-state index contributed by atoms with van der Waals surface area (Å²) in [6, 6.07) is 7.91. The largest absolute Gasteiger partial charge is 0.118 e. The Kier molecular flexibility index (Phi) is 10.2. The van der Waals surface area contributed by atoms with Crippen LogP contribution in [0.25, 0.3) is 0 Å². The van der Waals surface area contributed by atoms with E-state index in [9.17, 15) is 0 Å². The molecule has 1 unspecified atom stereocenters. The molecule has 0 bridgehead atoms. The molecule has 0 heterocycles. The lowest BCUT2D eigenvalue weighted by atomic mass is 10.0. The standard InChI is InChI=1S/C18H28Cl2/c1-2-3-4-5-6-7-8-9-10-11-18(20)16-12-14-17(19)15-13-16/h12-15,18H,2-11H2,1H3. The van der Waals surface area contributed by atoms with Gasteiger partial charge in [-0.15, -0.1) is 11.6 Å². The summed E-state index contributed by atoms with van der Waals surface area (Å²) in [5.74, 6) is 0. The smallest absolute Gasteiger partial charge is 0.0585 e. The van der Waals surface area contributed by atoms with E-state index in [4.69, 9.17) is 23.2 Å². The molecule has 1 aromatic rings. The zero-order chi connectivity index (χ0) is 14.6. The Morgan fingerprint density at radius 2 is 1.30 bits per heavy atom. The molecule has 20 heavy (non-hydrogen) atoms. The Morgan fingerprint density at radius 1 is 0.800 bits per heavy atom. The summed E-state index contributed by atoms with van der Waals surface area (Å²) in [5, 5.41) is 0.914. The van der Waals surface area contributed by atoms with Crippen molar-refractivity contribution in [1.29, 1.82) is 0 Å². The molecule has 2 heteroatoms. The normalized spacial score (nSPS) is 12.6. The molecule has 0 amide bonds. The summed E-state index contributed by atoms with van der Waals surface area (Å²) >= 11 is 12.3. The van der Waals surface area contributed by atoms with Crippen molar-refractivity contribution in [1.82, 2.24) is 0 Å². The molecule has 0 aliphatic rings. The molecule has 0 nitrogen and oxygen atoms in total. The molecule has 0 aliphatic carbocycles. The van der Waals surface area contributed by atoms with Gasteiger partial charge >= 0.3 is 0 Å². The molecule has 0 N–H and O–H groups in total. The van der Waals surface area contributed by atoms with Crippen molar-refractivity contribution in [3.05, 3.63) is 34.9 Å². The molecule has 114 valence electrons. The lowest BCUT2D eigenvalue weighted by molar-refractivity contribution is 0.554. The topological polar surface area (TPSA) is 0 Å². The molecule has 1 rings (SSSR count). The number of hydrogen-bond acceptors (Lipinski definition) is 0. The summed E-state index contributed by atoms with van der Waals surface area (Å²) in [6.45, 7) is 2.27. The van der Waals surface area contributed by atoms with Crippen LogP contribution in [-0.2, 0) is 0 Å². The van der Waals surface area contributed by atoms with E-state index in [0.29, 0.717) is 0 Å². The van der Waals surface area contributed by atoms with Crippen LogP contribution in [0.4, 0.5) is 0 Å². The van der Waals surface area contributed by atoms with Gasteiger partial charge < -0.3 is 0 Å². The van der Waals surface area contributed by atoms with Crippen LogP contribution in [0.3, 0.4) is 0 Å². The molecule has 1 aromatic carbocycles. The Bertz CT molecular complexity index is 332. The molecule has 1 atom stereocenters. The van der Waals surface area contributed by atoms with Crippen molar-refractivity contribution in [2.75, 3.05) is 0 Å². The van der Waals surface area contributed by atoms with Gasteiger partial charge in [-0.3, -0.25) is 0 Å². The fourth-order valence-corrected chi connectivity index (χ4v) is 2.90. The molecular weight excluding hydrogens is 287 g/mol. The summed E-state index contributed by atoms with van der Waals surface area (Å²) < 4.78 is 0. The Labute approximate surface area is 134 Å². The second-order valence-electron chi connectivity index (χ2n) is 5.64. The van der Waals surface area contributed by atoms with Gasteiger partial charge in [0.1, 0.15) is 0 Å². The van der Waals surface area contributed by atoms with E-state index >= 15 is 0 Å². The molecule has 0 fully saturated rings. The zero-order valence-corrected chi connectivity index (χ0v) is 14.2. The van der Waals surface area contributed by atoms with Crippen LogP contribution >= 0.6 is 23.2 Å². The number of alkyl halides is 1. The molecule has 0 saturated carbocycles. The Balaban J connectivity index is 1.99. The van der Waals surface area contributed by atoms with Crippen LogP contribution in [0.5, 0.6) is 0 Å². The minimum absolute atomic E-state index is 0.136. The quantitative estimate of drug-likeness (QED) is 0.292. The lowest BCUT2D eigenvalue weighted by Crippen LogP contribution is -1.91. The van der Waals surface area contributed by atoms with Gasteiger partial charge in [0.15, 0.2) is 0 Å². The minimum Gasteiger partial charge on any atom is -0.118 e. The summed E-state index contributed by atoms with van der Waals surface area (Å²) in [5.41, 5.74) is 1.19. The monoisotopic (exact) mass is 314 g/mol. The van der Waals surface area contributed by atoms with Crippen LogP contribution in [0.1, 0.15) is 82.1 Å². The van der Waals surface area contributed by atoms with Crippen LogP contribution in [0.15, 0.2) is 24.3 Å². The number of hydrogen-bond donors (Lipinski definition) is 0. The highest BCUT2D eigenvalue weighted by Crippen LogP contribution is 2.27. The third-order valence-electron chi connectivity index (χ3n) is 3.79. The summed E-state index contributed by atoms with van der Waals surface area (Å²) in [6.07, 6.45) is 13.3. The van der Waals surface area contributed by atoms with Gasteiger partial charge in [0, 0.05) is 5.02 Å². The van der Waals surface area contributed by atoms with Crippen LogP contribution in [0, 0.1) is 0 Å². The minimum atomic E-state index is 0.136. The maximum atomic E-state index is 6.41. The Hall–Kier alpha value is -0.200. The van der Waals surface area contributed by atoms with Crippen molar-refractivity contribution in [2.45, 2.75) is 76.5 Å². The van der Waals surface area contributed by atoms with Crippen molar-refractivity contribution >= 4 is 23.2 Å². The molecule has 0 saturated heterocycles. The first-order valence-electron chi connectivity index (χ1n) is 8.13. The van der Waals surface area contributed by atoms with Gasteiger partial charge in [0.05, 0.1) is 5.38 Å². The van der Waals surface area contributed by atoms with Crippen LogP contribution in [0.2, 0.25) is 5.02 Å². The number of benzene rings is 1. The molecule has 0 radical (unpaired) electrons. The predicted molar refractivity (Wildman–Crippen MR) is 91.9 cm³/mol. The van der Waals surface area contributed by atoms with E-state index in [-0.39, 0.29) is 5.38 Å². The number of unbranched alkanes of at least 4 members (excludes halogenated alkanes) is 8. The maximum Gasteiger partial charge on any atom is 0.0585 e. The third-order valence-corrected chi connectivity index (χ3v) is 4.51. The summed E-state index contributed by atoms with van der Waals surface area (Å²) in [4.78, 5) is 0. The van der Waals surface area contributed by atoms with Crippen LogP contribution < -0.4 is 0 Å². The van der Waals surface area contributed by atoms with E-state index in [1.165, 1.54) is 63.4 Å². The summed E-state index contributed by atoms with van der Waals surface area (Å²) in [7, 11) is 0. The van der Waals surface area contributed by atoms with Crippen LogP contribution in [-0.4, -0.2) is 0 Å². The highest BCUT2D eigenvalue weighted by Gasteiger charge is 2.07. The van der Waals surface area contributed by atoms with Crippen molar-refractivity contribution in [2.24, 2.45) is 0 Å². The molecule has 0 spiro atoms. The molecule has 0 aliphatic heterocycles. The van der Waals surface area contributed by atoms with Crippen molar-refractivity contribution in [3.63, 3.8) is 0 Å². The second kappa shape index (κ2) is 11.5. The van der Waals surface area contributed by atoms with E-state index in [1.54, 1.807) is 0 Å². The second-order valence-corrected chi connectivity index (χ2v) is 6.60. The van der Waals surface area contributed by atoms with Crippen molar-refractivity contribution in [3.8, 4) is 0 Å². The van der Waals surface area contributed by atoms with Gasteiger partial charge in [-0.25, -0.2) is 0 Å². The molecular formula is C18H28Cl2. The SMILES string of the molecule is CCCCCCCCCCCC(Cl)c1ccc(Cl)cc1. The Morgan fingerprint density at radius 3 is 1.85 bits per heavy atom. The van der Waals surface area contributed by atoms with E-state index in [0.717, 1.165) is 11.4 Å². The first kappa shape index (κ1) is 17.9. The highest BCUT2D eigenvalue weighted by atomic mass is 35.5. The van der Waals surface area contributed by atoms with Crippen molar-refractivity contribution < 1.29 is 0 Å². The predicted octanol–water partition coefficient (Wildman–Crippen LogP) is 7.54. The first-order valence-corrected chi connectivity index (χ1v) is 8.95. The van der Waals surface area contributed by atoms with E-state index in [1.807, 2.05) is 24.3 Å². The van der Waals surface area contributed by atoms with Gasteiger partial charge in [-0.2, -0.15) is 0 Å². The lowest BCUT2D eigenvalue weighted by Gasteiger charge is -2.09. The molecule has 0 aromatic heterocycles. The van der Waals surface area contributed by atoms with Gasteiger partial charge in [-0.05, 0) is 24.1 Å². The third kappa shape index (κ3) is 8.17. The van der Waals surface area contributed by atoms with Gasteiger partial charge in [0.25, 0.3) is 0 Å². The fourth-order valence-electron chi connectivity index (χ4n) is 2.47. The fraction of sp³-hybridized carbons (Fsp3) is 0.667. The highest BCUT2D eigenvalue weighted by molar-refractivity contribution is 6.30. The number of halogens is 2. The zero-order valence-electron chi connectivity index (χ0n) is 12.7. The van der Waals surface area contributed by atoms with E-state index < -0.39 is 0 Å². The van der Waals surface area contributed by atoms with E-state index in [2.05, 4.69) is 6.92 Å². The number of rotatable bonds is 11. The average Bonchev–Trinajstić information content (AvgIpc) is 2.46. The van der Waals surface area contributed by atoms with Gasteiger partial charge in [0.2, 0.25) is 0 Å². The maximum absolute atomic E-state index is 6.41. The first-order chi connectivity index (χ1) is 9.74. The average molecular weight is 315 g/mol.